The summed E-state index contributed by atoms with van der Waals surface area (Å²) in [6.45, 7) is 4.46. The van der Waals surface area contributed by atoms with E-state index in [9.17, 15) is 9.59 Å². The monoisotopic (exact) mass is 379 g/mol. The summed E-state index contributed by atoms with van der Waals surface area (Å²) in [7, 11) is 3.64. The minimum Gasteiger partial charge on any atom is -0.452 e. The number of carbonyl (C=O) groups excluding carboxylic acids is 2. The van der Waals surface area contributed by atoms with E-state index in [0.717, 1.165) is 17.0 Å². The molecule has 0 unspecified atom stereocenters. The van der Waals surface area contributed by atoms with E-state index in [2.05, 4.69) is 10.2 Å². The maximum atomic E-state index is 13.0. The van der Waals surface area contributed by atoms with Crippen LogP contribution in [0.25, 0.3) is 0 Å². The topological polar surface area (TPSA) is 82.3 Å². The molecule has 1 saturated heterocycles. The van der Waals surface area contributed by atoms with E-state index in [1.54, 1.807) is 27.5 Å². The Labute approximate surface area is 156 Å². The molecule has 3 heterocycles. The van der Waals surface area contributed by atoms with Gasteiger partial charge in [-0.05, 0) is 13.8 Å². The van der Waals surface area contributed by atoms with Crippen molar-refractivity contribution in [1.29, 1.82) is 0 Å². The van der Waals surface area contributed by atoms with Crippen LogP contribution in [-0.4, -0.2) is 42.4 Å². The summed E-state index contributed by atoms with van der Waals surface area (Å²) in [4.78, 5) is 26.0. The average molecular weight is 380 g/mol. The van der Waals surface area contributed by atoms with Crippen LogP contribution in [0.2, 0.25) is 5.02 Å². The Balaban J connectivity index is 1.89. The largest absolute Gasteiger partial charge is 0.452 e. The average Bonchev–Trinajstić information content (AvgIpc) is 3.20. The highest BCUT2D eigenvalue weighted by Gasteiger charge is 2.34. The van der Waals surface area contributed by atoms with Crippen molar-refractivity contribution in [2.75, 3.05) is 0 Å². The number of nitrogens with zero attached hydrogens (tertiary/aromatic N) is 5. The van der Waals surface area contributed by atoms with E-state index in [1.165, 1.54) is 0 Å². The molecule has 2 aromatic heterocycles. The fraction of sp³-hybridized carbons (Fsp3) is 0.529. The molecular formula is C17H22ClN5O3. The van der Waals surface area contributed by atoms with Gasteiger partial charge in [-0.3, -0.25) is 19.0 Å². The van der Waals surface area contributed by atoms with Gasteiger partial charge in [0.25, 0.3) is 5.91 Å². The van der Waals surface area contributed by atoms with Crippen molar-refractivity contribution in [3.8, 4) is 0 Å². The van der Waals surface area contributed by atoms with Crippen LogP contribution >= 0.6 is 11.6 Å². The Morgan fingerprint density at radius 3 is 2.58 bits per heavy atom. The molecule has 1 fully saturated rings. The summed E-state index contributed by atoms with van der Waals surface area (Å²) >= 11 is 6.22. The molecule has 2 aromatic rings. The number of hydrogen-bond acceptors (Lipinski definition) is 5. The molecule has 1 aliphatic heterocycles. The van der Waals surface area contributed by atoms with E-state index in [-0.39, 0.29) is 24.8 Å². The summed E-state index contributed by atoms with van der Waals surface area (Å²) < 4.78 is 8.57. The van der Waals surface area contributed by atoms with E-state index < -0.39 is 6.10 Å². The lowest BCUT2D eigenvalue weighted by atomic mass is 10.1. The highest BCUT2D eigenvalue weighted by Crippen LogP contribution is 2.23. The molecule has 0 radical (unpaired) electrons. The fourth-order valence-electron chi connectivity index (χ4n) is 3.15. The summed E-state index contributed by atoms with van der Waals surface area (Å²) in [5, 5.41) is 9.23. The molecule has 0 N–H and O–H groups in total. The van der Waals surface area contributed by atoms with Gasteiger partial charge < -0.3 is 9.64 Å². The minimum atomic E-state index is -0.748. The third-order valence-electron chi connectivity index (χ3n) is 4.67. The number of cyclic esters (lactones) is 1. The number of hydrogen-bond donors (Lipinski definition) is 0. The molecule has 0 spiro atoms. The van der Waals surface area contributed by atoms with Gasteiger partial charge in [-0.2, -0.15) is 10.2 Å². The van der Waals surface area contributed by atoms with Gasteiger partial charge in [0, 0.05) is 50.9 Å². The zero-order valence-corrected chi connectivity index (χ0v) is 16.1. The number of amides is 1. The van der Waals surface area contributed by atoms with Crippen molar-refractivity contribution in [3.05, 3.63) is 33.9 Å². The van der Waals surface area contributed by atoms with E-state index in [1.807, 2.05) is 20.9 Å². The molecule has 0 bridgehead atoms. The lowest BCUT2D eigenvalue weighted by Crippen LogP contribution is -2.38. The molecule has 0 saturated carbocycles. The Kier molecular flexibility index (Phi) is 5.04. The second-order valence-corrected chi connectivity index (χ2v) is 6.99. The van der Waals surface area contributed by atoms with Crippen LogP contribution < -0.4 is 0 Å². The van der Waals surface area contributed by atoms with Gasteiger partial charge in [0.2, 0.25) is 0 Å². The first-order valence-electron chi connectivity index (χ1n) is 8.41. The van der Waals surface area contributed by atoms with Gasteiger partial charge >= 0.3 is 5.97 Å². The van der Waals surface area contributed by atoms with Gasteiger partial charge in [0.15, 0.2) is 6.10 Å². The van der Waals surface area contributed by atoms with Crippen molar-refractivity contribution in [1.82, 2.24) is 24.5 Å². The zero-order valence-electron chi connectivity index (χ0n) is 15.3. The zero-order chi connectivity index (χ0) is 19.0. The highest BCUT2D eigenvalue weighted by molar-refractivity contribution is 6.31. The van der Waals surface area contributed by atoms with Crippen LogP contribution in [-0.2, 0) is 41.5 Å². The van der Waals surface area contributed by atoms with E-state index >= 15 is 0 Å². The van der Waals surface area contributed by atoms with Crippen molar-refractivity contribution in [2.45, 2.75) is 45.9 Å². The molecule has 3 rings (SSSR count). The third-order valence-corrected chi connectivity index (χ3v) is 4.99. The van der Waals surface area contributed by atoms with Crippen LogP contribution in [0.15, 0.2) is 6.20 Å². The molecule has 9 heteroatoms. The number of aromatic nitrogens is 4. The highest BCUT2D eigenvalue weighted by atomic mass is 35.5. The van der Waals surface area contributed by atoms with Crippen LogP contribution in [0.4, 0.5) is 0 Å². The van der Waals surface area contributed by atoms with Gasteiger partial charge in [-0.25, -0.2) is 0 Å². The number of carbonyl (C=O) groups is 2. The SMILES string of the molecule is Cc1nn(C)c(C)c1CN(Cc1nn(C)cc1Cl)C(=O)[C@@H]1CCC(=O)O1. The van der Waals surface area contributed by atoms with Crippen LogP contribution in [0.5, 0.6) is 0 Å². The number of aryl methyl sites for hydroxylation is 3. The first kappa shape index (κ1) is 18.4. The molecule has 1 atom stereocenters. The molecular weight excluding hydrogens is 358 g/mol. The second kappa shape index (κ2) is 7.11. The molecule has 0 aromatic carbocycles. The lowest BCUT2D eigenvalue weighted by Gasteiger charge is -2.24. The molecule has 1 aliphatic rings. The second-order valence-electron chi connectivity index (χ2n) is 6.58. The van der Waals surface area contributed by atoms with Gasteiger partial charge in [-0.15, -0.1) is 0 Å². The number of halogens is 1. The van der Waals surface area contributed by atoms with Crippen molar-refractivity contribution >= 4 is 23.5 Å². The maximum absolute atomic E-state index is 13.0. The fourth-order valence-corrected chi connectivity index (χ4v) is 3.38. The Morgan fingerprint density at radius 2 is 2.08 bits per heavy atom. The van der Waals surface area contributed by atoms with Crippen molar-refractivity contribution in [3.63, 3.8) is 0 Å². The van der Waals surface area contributed by atoms with E-state index in [0.29, 0.717) is 23.7 Å². The molecule has 8 nitrogen and oxygen atoms in total. The number of esters is 1. The van der Waals surface area contributed by atoms with Crippen molar-refractivity contribution < 1.29 is 14.3 Å². The summed E-state index contributed by atoms with van der Waals surface area (Å²) in [6, 6.07) is 0. The standard InChI is InChI=1S/C17H22ClN5O3/c1-10-12(11(2)22(4)19-10)7-23(9-14-13(18)8-21(3)20-14)17(25)15-5-6-16(24)26-15/h8,15H,5-7,9H2,1-4H3/t15-/m0/s1. The Bertz CT molecular complexity index is 857. The first-order valence-corrected chi connectivity index (χ1v) is 8.79. The van der Waals surface area contributed by atoms with Gasteiger partial charge in [0.05, 0.1) is 17.3 Å². The Hall–Kier alpha value is -2.35. The summed E-state index contributed by atoms with van der Waals surface area (Å²) in [5.41, 5.74) is 3.41. The van der Waals surface area contributed by atoms with Crippen LogP contribution in [0.1, 0.15) is 35.5 Å². The smallest absolute Gasteiger partial charge is 0.306 e. The number of ether oxygens (including phenoxy) is 1. The first-order chi connectivity index (χ1) is 12.3. The van der Waals surface area contributed by atoms with Crippen LogP contribution in [0, 0.1) is 13.8 Å². The molecule has 140 valence electrons. The van der Waals surface area contributed by atoms with Crippen LogP contribution in [0.3, 0.4) is 0 Å². The predicted molar refractivity (Wildman–Crippen MR) is 94.3 cm³/mol. The predicted octanol–water partition coefficient (Wildman–Crippen LogP) is 1.66. The lowest BCUT2D eigenvalue weighted by molar-refractivity contribution is -0.153. The molecule has 1 amide bonds. The molecule has 26 heavy (non-hydrogen) atoms. The quantitative estimate of drug-likeness (QED) is 0.738. The summed E-state index contributed by atoms with van der Waals surface area (Å²) in [5.74, 6) is -0.576. The van der Waals surface area contributed by atoms with Gasteiger partial charge in [-0.1, -0.05) is 11.6 Å². The number of rotatable bonds is 5. The van der Waals surface area contributed by atoms with Crippen molar-refractivity contribution in [2.24, 2.45) is 14.1 Å². The normalized spacial score (nSPS) is 16.8. The molecule has 0 aliphatic carbocycles. The van der Waals surface area contributed by atoms with E-state index in [4.69, 9.17) is 16.3 Å². The van der Waals surface area contributed by atoms with Gasteiger partial charge in [0.1, 0.15) is 5.69 Å². The Morgan fingerprint density at radius 1 is 1.35 bits per heavy atom. The summed E-state index contributed by atoms with van der Waals surface area (Å²) in [6.07, 6.45) is 1.60. The maximum Gasteiger partial charge on any atom is 0.306 e. The third kappa shape index (κ3) is 3.60. The minimum absolute atomic E-state index is 0.236.